The summed E-state index contributed by atoms with van der Waals surface area (Å²) in [6.45, 7) is -1.00. The van der Waals surface area contributed by atoms with E-state index in [1.54, 1.807) is 0 Å². The molecule has 0 bridgehead atoms. The summed E-state index contributed by atoms with van der Waals surface area (Å²) < 4.78 is 22.3. The van der Waals surface area contributed by atoms with E-state index in [4.69, 9.17) is 36.1 Å². The van der Waals surface area contributed by atoms with Crippen molar-refractivity contribution >= 4 is 5.91 Å². The van der Waals surface area contributed by atoms with Crippen molar-refractivity contribution in [3.05, 3.63) is 0 Å². The van der Waals surface area contributed by atoms with Gasteiger partial charge < -0.3 is 87.4 Å². The highest BCUT2D eigenvalue weighted by Gasteiger charge is 2.52. The van der Waals surface area contributed by atoms with Crippen LogP contribution in [0, 0.1) is 0 Å². The summed E-state index contributed by atoms with van der Waals surface area (Å²) in [4.78, 5) is 12.6. The summed E-state index contributed by atoms with van der Waals surface area (Å²) in [5.41, 5.74) is 17.2. The standard InChI is InChI=1S/C22H42N4O14/c23-2-1-8(28)20(36)26-7-3-6(25)18(39-21-15(33)13(31)11(29)9(4-24)37-21)17(35)19(7)40-22-16(34)14(32)12(30)10(5-27)38-22/h6-19,21-22,27-35H,1-5,23-25H2,(H,26,36)/t6-,7+,8-,9-,10-,11-,12-,13+,14+,15-,16-,17-,18+,19-,21-,22-/m1/s1. The minimum Gasteiger partial charge on any atom is -0.394 e. The summed E-state index contributed by atoms with van der Waals surface area (Å²) >= 11 is 0. The lowest BCUT2D eigenvalue weighted by molar-refractivity contribution is -0.339. The first-order valence-corrected chi connectivity index (χ1v) is 13.0. The van der Waals surface area contributed by atoms with Crippen molar-refractivity contribution in [2.24, 2.45) is 17.2 Å². The summed E-state index contributed by atoms with van der Waals surface area (Å²) in [5.74, 6) is -0.870. The number of aliphatic hydroxyl groups is 9. The van der Waals surface area contributed by atoms with Crippen molar-refractivity contribution in [3.63, 3.8) is 0 Å². The molecule has 2 heterocycles. The molecule has 3 rings (SSSR count). The second-order valence-corrected chi connectivity index (χ2v) is 10.2. The SMILES string of the molecule is NCC[C@@H](O)C(=O)N[C@H]1C[C@@H](N)[C@H](O[C@H]2O[C@H](CN)[C@@H](O)[C@H](O)[C@H]2O)[C@@H](O)[C@@H]1O[C@H]1O[C@H](CO)[C@@H](O)[C@H](O)[C@H]1O. The number of hydrogen-bond donors (Lipinski definition) is 13. The lowest BCUT2D eigenvalue weighted by atomic mass is 9.83. The lowest BCUT2D eigenvalue weighted by Crippen LogP contribution is -2.69. The van der Waals surface area contributed by atoms with Crippen LogP contribution in [0.3, 0.4) is 0 Å². The zero-order valence-electron chi connectivity index (χ0n) is 21.6. The molecule has 0 radical (unpaired) electrons. The van der Waals surface area contributed by atoms with Crippen LogP contribution in [0.25, 0.3) is 0 Å². The molecule has 3 fully saturated rings. The van der Waals surface area contributed by atoms with Crippen molar-refractivity contribution in [1.29, 1.82) is 0 Å². The molecule has 1 aliphatic carbocycles. The third-order valence-corrected chi connectivity index (χ3v) is 7.42. The molecule has 18 heteroatoms. The second-order valence-electron chi connectivity index (χ2n) is 10.2. The number of rotatable bonds is 10. The smallest absolute Gasteiger partial charge is 0.249 e. The molecule has 1 saturated carbocycles. The number of carbonyl (C=O) groups excluding carboxylic acids is 1. The number of nitrogens with two attached hydrogens (primary N) is 3. The zero-order valence-corrected chi connectivity index (χ0v) is 21.6. The van der Waals surface area contributed by atoms with Crippen molar-refractivity contribution in [1.82, 2.24) is 5.32 Å². The molecule has 0 spiro atoms. The van der Waals surface area contributed by atoms with Crippen molar-refractivity contribution < 1.29 is 69.7 Å². The molecule has 0 aromatic rings. The number of carbonyl (C=O) groups is 1. The number of nitrogens with one attached hydrogen (secondary N) is 1. The highest BCUT2D eigenvalue weighted by Crippen LogP contribution is 2.32. The lowest BCUT2D eigenvalue weighted by Gasteiger charge is -2.48. The van der Waals surface area contributed by atoms with Gasteiger partial charge in [0.2, 0.25) is 5.91 Å². The average Bonchev–Trinajstić information content (AvgIpc) is 2.92. The summed E-state index contributed by atoms with van der Waals surface area (Å²) in [6, 6.07) is -2.21. The Kier molecular flexibility index (Phi) is 11.9. The van der Waals surface area contributed by atoms with Gasteiger partial charge in [-0.3, -0.25) is 4.79 Å². The Hall–Kier alpha value is -1.17. The number of hydrogen-bond acceptors (Lipinski definition) is 17. The van der Waals surface area contributed by atoms with E-state index >= 15 is 0 Å². The molecular weight excluding hydrogens is 544 g/mol. The number of amides is 1. The Morgan fingerprint density at radius 2 is 1.35 bits per heavy atom. The average molecular weight is 587 g/mol. The fourth-order valence-electron chi connectivity index (χ4n) is 5.02. The van der Waals surface area contributed by atoms with Gasteiger partial charge in [0.25, 0.3) is 0 Å². The molecule has 18 nitrogen and oxygen atoms in total. The Morgan fingerprint density at radius 1 is 0.825 bits per heavy atom. The first kappa shape index (κ1) is 33.3. The third-order valence-electron chi connectivity index (χ3n) is 7.42. The van der Waals surface area contributed by atoms with E-state index in [-0.39, 0.29) is 25.9 Å². The fourth-order valence-corrected chi connectivity index (χ4v) is 5.02. The summed E-state index contributed by atoms with van der Waals surface area (Å²) in [5, 5.41) is 94.6. The topological polar surface area (TPSA) is 326 Å². The predicted octanol–water partition coefficient (Wildman–Crippen LogP) is -8.39. The van der Waals surface area contributed by atoms with Gasteiger partial charge in [0, 0.05) is 12.6 Å². The van der Waals surface area contributed by atoms with Crippen molar-refractivity contribution in [2.75, 3.05) is 19.7 Å². The van der Waals surface area contributed by atoms with Crippen LogP contribution in [-0.2, 0) is 23.7 Å². The molecule has 3 aliphatic rings. The second kappa shape index (κ2) is 14.3. The van der Waals surface area contributed by atoms with Crippen LogP contribution in [-0.4, -0.2) is 169 Å². The number of aliphatic hydroxyl groups excluding tert-OH is 9. The van der Waals surface area contributed by atoms with E-state index in [9.17, 15) is 50.8 Å². The molecule has 0 unspecified atom stereocenters. The Morgan fingerprint density at radius 3 is 1.88 bits per heavy atom. The predicted molar refractivity (Wildman–Crippen MR) is 129 cm³/mol. The van der Waals surface area contributed by atoms with Gasteiger partial charge in [-0.25, -0.2) is 0 Å². The Bertz CT molecular complexity index is 813. The Labute approximate surface area is 229 Å². The van der Waals surface area contributed by atoms with Crippen LogP contribution >= 0.6 is 0 Å². The van der Waals surface area contributed by atoms with Crippen molar-refractivity contribution in [3.8, 4) is 0 Å². The number of ether oxygens (including phenoxy) is 4. The highest BCUT2D eigenvalue weighted by atomic mass is 16.7. The molecule has 2 aliphatic heterocycles. The van der Waals surface area contributed by atoms with Crippen LogP contribution in [0.1, 0.15) is 12.8 Å². The highest BCUT2D eigenvalue weighted by molar-refractivity contribution is 5.80. The van der Waals surface area contributed by atoms with Gasteiger partial charge >= 0.3 is 0 Å². The van der Waals surface area contributed by atoms with Crippen molar-refractivity contribution in [2.45, 2.75) is 111 Å². The molecule has 0 aromatic carbocycles. The molecule has 0 aromatic heterocycles. The van der Waals surface area contributed by atoms with Crippen LogP contribution < -0.4 is 22.5 Å². The maximum Gasteiger partial charge on any atom is 0.249 e. The zero-order chi connectivity index (χ0) is 29.9. The molecule has 2 saturated heterocycles. The van der Waals surface area contributed by atoms with E-state index < -0.39 is 110 Å². The van der Waals surface area contributed by atoms with Gasteiger partial charge in [0.05, 0.1) is 12.6 Å². The van der Waals surface area contributed by atoms with Gasteiger partial charge in [0.15, 0.2) is 12.6 Å². The van der Waals surface area contributed by atoms with Gasteiger partial charge in [-0.2, -0.15) is 0 Å². The monoisotopic (exact) mass is 586 g/mol. The molecule has 16 atom stereocenters. The van der Waals surface area contributed by atoms with Crippen LogP contribution in [0.15, 0.2) is 0 Å². The molecule has 40 heavy (non-hydrogen) atoms. The van der Waals surface area contributed by atoms with E-state index in [0.717, 1.165) is 0 Å². The Balaban J connectivity index is 1.85. The minimum absolute atomic E-state index is 0.00381. The van der Waals surface area contributed by atoms with Gasteiger partial charge in [-0.15, -0.1) is 0 Å². The van der Waals surface area contributed by atoms with Crippen LogP contribution in [0.2, 0.25) is 0 Å². The first-order chi connectivity index (χ1) is 18.9. The van der Waals surface area contributed by atoms with Gasteiger partial charge in [-0.1, -0.05) is 0 Å². The van der Waals surface area contributed by atoms with E-state index in [2.05, 4.69) is 5.32 Å². The summed E-state index contributed by atoms with van der Waals surface area (Å²) in [6.07, 6.45) is -22.6. The van der Waals surface area contributed by atoms with E-state index in [0.29, 0.717) is 0 Å². The van der Waals surface area contributed by atoms with E-state index in [1.807, 2.05) is 0 Å². The first-order valence-electron chi connectivity index (χ1n) is 13.0. The molecule has 234 valence electrons. The quantitative estimate of drug-likeness (QED) is 0.113. The fraction of sp³-hybridized carbons (Fsp3) is 0.955. The summed E-state index contributed by atoms with van der Waals surface area (Å²) in [7, 11) is 0. The maximum absolute atomic E-state index is 12.6. The van der Waals surface area contributed by atoms with Gasteiger partial charge in [0.1, 0.15) is 73.2 Å². The molecule has 16 N–H and O–H groups in total. The maximum atomic E-state index is 12.6. The third kappa shape index (κ3) is 7.06. The normalized spacial score (nSPS) is 47.0. The largest absolute Gasteiger partial charge is 0.394 e. The molecule has 1 amide bonds. The van der Waals surface area contributed by atoms with Crippen LogP contribution in [0.5, 0.6) is 0 Å². The van der Waals surface area contributed by atoms with Gasteiger partial charge in [-0.05, 0) is 19.4 Å². The van der Waals surface area contributed by atoms with Crippen LogP contribution in [0.4, 0.5) is 0 Å². The molecular formula is C22H42N4O14. The minimum atomic E-state index is -1.86. The van der Waals surface area contributed by atoms with E-state index in [1.165, 1.54) is 0 Å².